The molecule has 0 bridgehead atoms. The van der Waals surface area contributed by atoms with Gasteiger partial charge in [-0.25, -0.2) is 13.1 Å². The Kier molecular flexibility index (Phi) is 6.76. The lowest BCUT2D eigenvalue weighted by Gasteiger charge is -2.16. The van der Waals surface area contributed by atoms with E-state index in [1.54, 1.807) is 0 Å². The van der Waals surface area contributed by atoms with E-state index in [4.69, 9.17) is 5.11 Å². The monoisotopic (exact) mass is 384 g/mol. The molecule has 140 valence electrons. The number of aliphatic carboxylic acids is 1. The third-order valence-electron chi connectivity index (χ3n) is 2.87. The first-order valence-corrected chi connectivity index (χ1v) is 8.20. The molecule has 12 heteroatoms. The fourth-order valence-corrected chi connectivity index (χ4v) is 2.56. The number of alkyl halides is 3. The number of likely N-dealkylation sites (N-methyl/N-ethyl adjacent to an activating group) is 1. The molecule has 1 aromatic rings. The molecule has 0 aliphatic heterocycles. The highest BCUT2D eigenvalue weighted by atomic mass is 32.2. The molecule has 0 aromatic heterocycles. The van der Waals surface area contributed by atoms with Gasteiger partial charge in [0.1, 0.15) is 5.75 Å². The van der Waals surface area contributed by atoms with Crippen molar-refractivity contribution in [3.8, 4) is 5.75 Å². The Labute approximate surface area is 141 Å². The van der Waals surface area contributed by atoms with Gasteiger partial charge in [0.25, 0.3) is 0 Å². The summed E-state index contributed by atoms with van der Waals surface area (Å²) in [6.45, 7) is -0.724. The van der Waals surface area contributed by atoms with E-state index in [1.165, 1.54) is 7.05 Å². The normalized spacial score (nSPS) is 11.8. The third kappa shape index (κ3) is 7.39. The van der Waals surface area contributed by atoms with E-state index < -0.39 is 40.6 Å². The van der Waals surface area contributed by atoms with Gasteiger partial charge in [-0.15, -0.1) is 13.2 Å². The summed E-state index contributed by atoms with van der Waals surface area (Å²) < 4.78 is 65.7. The van der Waals surface area contributed by atoms with Crippen molar-refractivity contribution in [1.29, 1.82) is 0 Å². The summed E-state index contributed by atoms with van der Waals surface area (Å²) in [6.07, 6.45) is -5.19. The van der Waals surface area contributed by atoms with Crippen molar-refractivity contribution in [2.24, 2.45) is 0 Å². The number of rotatable bonds is 8. The minimum Gasteiger partial charge on any atom is -0.481 e. The quantitative estimate of drug-likeness (QED) is 0.685. The van der Waals surface area contributed by atoms with E-state index in [-0.39, 0.29) is 17.9 Å². The highest BCUT2D eigenvalue weighted by Gasteiger charge is 2.31. The summed E-state index contributed by atoms with van der Waals surface area (Å²) in [5, 5.41) is 8.51. The van der Waals surface area contributed by atoms with Crippen LogP contribution in [0.2, 0.25) is 0 Å². The van der Waals surface area contributed by atoms with Gasteiger partial charge < -0.3 is 14.7 Å². The number of ether oxygens (including phenoxy) is 1. The maximum absolute atomic E-state index is 12.0. The summed E-state index contributed by atoms with van der Waals surface area (Å²) in [5.41, 5.74) is 0. The molecule has 0 radical (unpaired) electrons. The van der Waals surface area contributed by atoms with E-state index in [2.05, 4.69) is 4.74 Å². The summed E-state index contributed by atoms with van der Waals surface area (Å²) in [6, 6.07) is 3.43. The SMILES string of the molecule is CN(CCC(=O)O)C(=O)CNS(=O)(=O)c1ccc(OC(F)(F)F)cc1. The van der Waals surface area contributed by atoms with Crippen LogP contribution >= 0.6 is 0 Å². The molecule has 25 heavy (non-hydrogen) atoms. The lowest BCUT2D eigenvalue weighted by Crippen LogP contribution is -2.38. The molecule has 0 aliphatic rings. The second-order valence-electron chi connectivity index (χ2n) is 4.80. The molecule has 1 rings (SSSR count). The first-order chi connectivity index (χ1) is 11.4. The van der Waals surface area contributed by atoms with Crippen LogP contribution in [0.25, 0.3) is 0 Å². The standard InChI is InChI=1S/C13H15F3N2O6S/c1-18(7-6-12(20)21)11(19)8-17-25(22,23)10-4-2-9(3-5-10)24-13(14,15)16/h2-5,17H,6-8H2,1H3,(H,20,21). The van der Waals surface area contributed by atoms with Gasteiger partial charge in [-0.2, -0.15) is 0 Å². The average molecular weight is 384 g/mol. The van der Waals surface area contributed by atoms with Gasteiger partial charge in [-0.3, -0.25) is 9.59 Å². The highest BCUT2D eigenvalue weighted by Crippen LogP contribution is 2.23. The second-order valence-corrected chi connectivity index (χ2v) is 6.57. The van der Waals surface area contributed by atoms with Crippen LogP contribution in [0.3, 0.4) is 0 Å². The number of nitrogens with zero attached hydrogens (tertiary/aromatic N) is 1. The van der Waals surface area contributed by atoms with Crippen LogP contribution < -0.4 is 9.46 Å². The number of halogens is 3. The van der Waals surface area contributed by atoms with Crippen molar-refractivity contribution in [1.82, 2.24) is 9.62 Å². The fourth-order valence-electron chi connectivity index (χ4n) is 1.58. The number of carbonyl (C=O) groups excluding carboxylic acids is 1. The Hall–Kier alpha value is -2.34. The van der Waals surface area contributed by atoms with Crippen LogP contribution in [0.5, 0.6) is 5.75 Å². The van der Waals surface area contributed by atoms with Crippen LogP contribution in [-0.2, 0) is 19.6 Å². The molecule has 0 aliphatic carbocycles. The number of hydrogen-bond donors (Lipinski definition) is 2. The Morgan fingerprint density at radius 2 is 1.80 bits per heavy atom. The summed E-state index contributed by atoms with van der Waals surface area (Å²) in [4.78, 5) is 22.8. The number of carboxylic acids is 1. The number of carbonyl (C=O) groups is 2. The molecular formula is C13H15F3N2O6S. The minimum absolute atomic E-state index is 0.0978. The summed E-state index contributed by atoms with van der Waals surface area (Å²) >= 11 is 0. The van der Waals surface area contributed by atoms with E-state index in [9.17, 15) is 31.2 Å². The number of nitrogens with one attached hydrogen (secondary N) is 1. The second kappa shape index (κ2) is 8.16. The topological polar surface area (TPSA) is 113 Å². The Morgan fingerprint density at radius 1 is 1.24 bits per heavy atom. The summed E-state index contributed by atoms with van der Waals surface area (Å²) in [5.74, 6) is -2.36. The first kappa shape index (κ1) is 20.7. The third-order valence-corrected chi connectivity index (χ3v) is 4.29. The maximum atomic E-state index is 12.0. The molecular weight excluding hydrogens is 369 g/mol. The van der Waals surface area contributed by atoms with Gasteiger partial charge >= 0.3 is 12.3 Å². The average Bonchev–Trinajstić information content (AvgIpc) is 2.49. The summed E-state index contributed by atoms with van der Waals surface area (Å²) in [7, 11) is -2.82. The van der Waals surface area contributed by atoms with E-state index in [0.29, 0.717) is 0 Å². The van der Waals surface area contributed by atoms with Crippen molar-refractivity contribution < 1.29 is 41.0 Å². The lowest BCUT2D eigenvalue weighted by molar-refractivity contribution is -0.274. The molecule has 0 saturated carbocycles. The molecule has 0 unspecified atom stereocenters. The van der Waals surface area contributed by atoms with Gasteiger partial charge in [0.15, 0.2) is 0 Å². The predicted octanol–water partition coefficient (Wildman–Crippen LogP) is 0.797. The van der Waals surface area contributed by atoms with Crippen LogP contribution in [0.4, 0.5) is 13.2 Å². The van der Waals surface area contributed by atoms with Crippen LogP contribution in [0.15, 0.2) is 29.2 Å². The number of sulfonamides is 1. The lowest BCUT2D eigenvalue weighted by atomic mass is 10.3. The Morgan fingerprint density at radius 3 is 2.28 bits per heavy atom. The maximum Gasteiger partial charge on any atom is 0.573 e. The number of carboxylic acid groups (broad SMARTS) is 1. The number of benzene rings is 1. The van der Waals surface area contributed by atoms with Gasteiger partial charge in [-0.1, -0.05) is 0 Å². The van der Waals surface area contributed by atoms with Gasteiger partial charge in [0.05, 0.1) is 17.9 Å². The molecule has 0 spiro atoms. The van der Waals surface area contributed by atoms with E-state index in [0.717, 1.165) is 29.2 Å². The fraction of sp³-hybridized carbons (Fsp3) is 0.385. The van der Waals surface area contributed by atoms with E-state index in [1.807, 2.05) is 4.72 Å². The van der Waals surface area contributed by atoms with Gasteiger partial charge in [-0.05, 0) is 24.3 Å². The van der Waals surface area contributed by atoms with E-state index >= 15 is 0 Å². The van der Waals surface area contributed by atoms with Gasteiger partial charge in [0.2, 0.25) is 15.9 Å². The molecule has 0 saturated heterocycles. The smallest absolute Gasteiger partial charge is 0.481 e. The van der Waals surface area contributed by atoms with Crippen molar-refractivity contribution >= 4 is 21.9 Å². The highest BCUT2D eigenvalue weighted by molar-refractivity contribution is 7.89. The minimum atomic E-state index is -4.90. The van der Waals surface area contributed by atoms with Crippen molar-refractivity contribution in [3.05, 3.63) is 24.3 Å². The van der Waals surface area contributed by atoms with Crippen molar-refractivity contribution in [2.75, 3.05) is 20.1 Å². The predicted molar refractivity (Wildman–Crippen MR) is 78.2 cm³/mol. The Bertz CT molecular complexity index is 718. The number of amides is 1. The molecule has 1 amide bonds. The number of hydrogen-bond acceptors (Lipinski definition) is 5. The van der Waals surface area contributed by atoms with Crippen LogP contribution in [0.1, 0.15) is 6.42 Å². The van der Waals surface area contributed by atoms with Crippen molar-refractivity contribution in [3.63, 3.8) is 0 Å². The van der Waals surface area contributed by atoms with Crippen LogP contribution in [-0.4, -0.2) is 56.8 Å². The molecule has 0 heterocycles. The largest absolute Gasteiger partial charge is 0.573 e. The zero-order valence-electron chi connectivity index (χ0n) is 12.9. The zero-order chi connectivity index (χ0) is 19.3. The molecule has 1 aromatic carbocycles. The molecule has 0 atom stereocenters. The van der Waals surface area contributed by atoms with Crippen molar-refractivity contribution in [2.45, 2.75) is 17.7 Å². The van der Waals surface area contributed by atoms with Gasteiger partial charge in [0, 0.05) is 13.6 Å². The molecule has 0 fully saturated rings. The van der Waals surface area contributed by atoms with Crippen LogP contribution in [0, 0.1) is 0 Å². The molecule has 8 nitrogen and oxygen atoms in total. The first-order valence-electron chi connectivity index (χ1n) is 6.72. The molecule has 2 N–H and O–H groups in total. The zero-order valence-corrected chi connectivity index (χ0v) is 13.7. The Balaban J connectivity index is 2.66.